The van der Waals surface area contributed by atoms with Crippen molar-refractivity contribution in [3.63, 3.8) is 0 Å². The van der Waals surface area contributed by atoms with Crippen molar-refractivity contribution in [2.24, 2.45) is 0 Å². The van der Waals surface area contributed by atoms with Crippen LogP contribution in [0.2, 0.25) is 0 Å². The van der Waals surface area contributed by atoms with Crippen molar-refractivity contribution in [3.05, 3.63) is 65.9 Å². The predicted molar refractivity (Wildman–Crippen MR) is 107 cm³/mol. The molecule has 1 fully saturated rings. The van der Waals surface area contributed by atoms with Crippen molar-refractivity contribution in [3.8, 4) is 5.69 Å². The summed E-state index contributed by atoms with van der Waals surface area (Å²) in [6.07, 6.45) is 4.72. The van der Waals surface area contributed by atoms with E-state index in [2.05, 4.69) is 57.3 Å². The van der Waals surface area contributed by atoms with E-state index in [4.69, 9.17) is 9.47 Å². The summed E-state index contributed by atoms with van der Waals surface area (Å²) in [5.41, 5.74) is 3.29. The van der Waals surface area contributed by atoms with Gasteiger partial charge in [-0.25, -0.2) is 14.6 Å². The molecule has 146 valence electrons. The first-order chi connectivity index (χ1) is 13.7. The van der Waals surface area contributed by atoms with Crippen LogP contribution in [-0.2, 0) is 22.6 Å². The summed E-state index contributed by atoms with van der Waals surface area (Å²) in [5, 5.41) is 4.27. The van der Waals surface area contributed by atoms with E-state index in [9.17, 15) is 0 Å². The van der Waals surface area contributed by atoms with Gasteiger partial charge in [0, 0.05) is 51.7 Å². The number of hydrogen-bond donors (Lipinski definition) is 0. The molecule has 1 aliphatic heterocycles. The highest BCUT2D eigenvalue weighted by Gasteiger charge is 2.21. The molecule has 1 aromatic carbocycles. The normalized spacial score (nSPS) is 16.4. The fourth-order valence-corrected chi connectivity index (χ4v) is 3.40. The number of ether oxygens (including phenoxy) is 2. The Balaban J connectivity index is 1.52. The highest BCUT2D eigenvalue weighted by molar-refractivity contribution is 5.42. The van der Waals surface area contributed by atoms with Gasteiger partial charge in [0.15, 0.2) is 5.82 Å². The molecule has 7 nitrogen and oxygen atoms in total. The Morgan fingerprint density at radius 1 is 1.25 bits per heavy atom. The van der Waals surface area contributed by atoms with Crippen molar-refractivity contribution < 1.29 is 9.47 Å². The van der Waals surface area contributed by atoms with Gasteiger partial charge >= 0.3 is 0 Å². The van der Waals surface area contributed by atoms with Gasteiger partial charge in [-0.15, -0.1) is 0 Å². The summed E-state index contributed by atoms with van der Waals surface area (Å²) in [6.45, 7) is 2.67. The fourth-order valence-electron chi connectivity index (χ4n) is 3.40. The number of methoxy groups -OCH3 is 1. The molecule has 0 radical (unpaired) electrons. The summed E-state index contributed by atoms with van der Waals surface area (Å²) in [7, 11) is 3.72. The highest BCUT2D eigenvalue weighted by atomic mass is 16.5. The van der Waals surface area contributed by atoms with Crippen LogP contribution in [0.5, 0.6) is 0 Å². The van der Waals surface area contributed by atoms with Crippen LogP contribution >= 0.6 is 0 Å². The zero-order valence-corrected chi connectivity index (χ0v) is 16.3. The zero-order chi connectivity index (χ0) is 19.3. The maximum absolute atomic E-state index is 5.54. The van der Waals surface area contributed by atoms with E-state index in [1.165, 1.54) is 5.56 Å². The molecule has 3 heterocycles. The van der Waals surface area contributed by atoms with E-state index in [-0.39, 0.29) is 0 Å². The first-order valence-corrected chi connectivity index (χ1v) is 9.47. The molecule has 1 unspecified atom stereocenters. The van der Waals surface area contributed by atoms with Crippen LogP contribution < -0.4 is 4.90 Å². The Morgan fingerprint density at radius 2 is 2.11 bits per heavy atom. The minimum atomic E-state index is 0.333. The topological polar surface area (TPSA) is 65.3 Å². The van der Waals surface area contributed by atoms with Crippen LogP contribution in [-0.4, -0.2) is 47.1 Å². The average molecular weight is 379 g/mol. The smallest absolute Gasteiger partial charge is 0.156 e. The van der Waals surface area contributed by atoms with Gasteiger partial charge in [0.2, 0.25) is 0 Å². The number of hydrogen-bond acceptors (Lipinski definition) is 6. The van der Waals surface area contributed by atoms with E-state index in [1.54, 1.807) is 13.3 Å². The van der Waals surface area contributed by atoms with E-state index in [0.717, 1.165) is 43.4 Å². The molecule has 28 heavy (non-hydrogen) atoms. The fraction of sp³-hybridized carbons (Fsp3) is 0.381. The molecular formula is C21H25N5O2. The molecule has 1 aliphatic rings. The van der Waals surface area contributed by atoms with E-state index < -0.39 is 0 Å². The van der Waals surface area contributed by atoms with Crippen LogP contribution in [0.15, 0.2) is 48.8 Å². The second-order valence-electron chi connectivity index (χ2n) is 7.03. The standard InChI is InChI=1S/C21H25N5O2/c1-25(13-16-4-6-18(7-5-16)26-10-3-9-22-26)21-12-19(17-8-11-28-14-17)23-20(24-21)15-27-2/h3-7,9-10,12,17H,8,11,13-15H2,1-2H3. The first-order valence-electron chi connectivity index (χ1n) is 9.47. The Labute approximate surface area is 164 Å². The van der Waals surface area contributed by atoms with Gasteiger partial charge in [0.1, 0.15) is 12.4 Å². The number of nitrogens with zero attached hydrogens (tertiary/aromatic N) is 5. The van der Waals surface area contributed by atoms with Gasteiger partial charge < -0.3 is 14.4 Å². The van der Waals surface area contributed by atoms with Gasteiger partial charge in [-0.05, 0) is 30.2 Å². The van der Waals surface area contributed by atoms with Crippen molar-refractivity contribution in [1.29, 1.82) is 0 Å². The minimum absolute atomic E-state index is 0.333. The first kappa shape index (κ1) is 18.6. The molecule has 3 aromatic rings. The molecule has 0 bridgehead atoms. The van der Waals surface area contributed by atoms with Gasteiger partial charge in [0.25, 0.3) is 0 Å². The van der Waals surface area contributed by atoms with Crippen LogP contribution in [0, 0.1) is 0 Å². The van der Waals surface area contributed by atoms with Crippen LogP contribution in [0.25, 0.3) is 5.69 Å². The summed E-state index contributed by atoms with van der Waals surface area (Å²) < 4.78 is 12.7. The van der Waals surface area contributed by atoms with E-state index in [1.807, 2.05) is 16.9 Å². The molecule has 0 saturated carbocycles. The lowest BCUT2D eigenvalue weighted by Gasteiger charge is -2.21. The third-order valence-corrected chi connectivity index (χ3v) is 4.92. The predicted octanol–water partition coefficient (Wildman–Crippen LogP) is 2.95. The van der Waals surface area contributed by atoms with E-state index in [0.29, 0.717) is 18.3 Å². The Bertz CT molecular complexity index is 890. The molecule has 0 amide bonds. The van der Waals surface area contributed by atoms with Crippen molar-refractivity contribution in [1.82, 2.24) is 19.7 Å². The molecule has 1 atom stereocenters. The Morgan fingerprint density at radius 3 is 2.79 bits per heavy atom. The Hall–Kier alpha value is -2.77. The van der Waals surface area contributed by atoms with Gasteiger partial charge in [-0.3, -0.25) is 0 Å². The summed E-state index contributed by atoms with van der Waals surface area (Å²) in [5.74, 6) is 1.95. The molecule has 0 spiro atoms. The maximum atomic E-state index is 5.54. The quantitative estimate of drug-likeness (QED) is 0.629. The van der Waals surface area contributed by atoms with Gasteiger partial charge in [0.05, 0.1) is 18.0 Å². The van der Waals surface area contributed by atoms with Crippen molar-refractivity contribution in [2.45, 2.75) is 25.5 Å². The molecule has 7 heteroatoms. The number of aromatic nitrogens is 4. The lowest BCUT2D eigenvalue weighted by Crippen LogP contribution is -2.20. The molecule has 0 aliphatic carbocycles. The molecule has 4 rings (SSSR count). The SMILES string of the molecule is COCc1nc(C2CCOC2)cc(N(C)Cc2ccc(-n3cccn3)cc2)n1. The third-order valence-electron chi connectivity index (χ3n) is 4.92. The summed E-state index contributed by atoms with van der Waals surface area (Å²) in [4.78, 5) is 11.5. The molecular weight excluding hydrogens is 354 g/mol. The van der Waals surface area contributed by atoms with Crippen LogP contribution in [0.3, 0.4) is 0 Å². The number of benzene rings is 1. The van der Waals surface area contributed by atoms with Crippen molar-refractivity contribution >= 4 is 5.82 Å². The second kappa shape index (κ2) is 8.50. The van der Waals surface area contributed by atoms with Crippen LogP contribution in [0.1, 0.15) is 29.4 Å². The lowest BCUT2D eigenvalue weighted by molar-refractivity contribution is 0.177. The number of rotatable bonds is 7. The van der Waals surface area contributed by atoms with E-state index >= 15 is 0 Å². The molecule has 1 saturated heterocycles. The maximum Gasteiger partial charge on any atom is 0.156 e. The number of anilines is 1. The van der Waals surface area contributed by atoms with Crippen LogP contribution in [0.4, 0.5) is 5.82 Å². The second-order valence-corrected chi connectivity index (χ2v) is 7.03. The summed E-state index contributed by atoms with van der Waals surface area (Å²) in [6, 6.07) is 12.4. The third kappa shape index (κ3) is 4.21. The average Bonchev–Trinajstić information content (AvgIpc) is 3.43. The molecule has 0 N–H and O–H groups in total. The van der Waals surface area contributed by atoms with Gasteiger partial charge in [-0.1, -0.05) is 12.1 Å². The monoisotopic (exact) mass is 379 g/mol. The largest absolute Gasteiger partial charge is 0.381 e. The lowest BCUT2D eigenvalue weighted by atomic mass is 10.0. The zero-order valence-electron chi connectivity index (χ0n) is 16.3. The minimum Gasteiger partial charge on any atom is -0.381 e. The highest BCUT2D eigenvalue weighted by Crippen LogP contribution is 2.26. The summed E-state index contributed by atoms with van der Waals surface area (Å²) >= 11 is 0. The Kier molecular flexibility index (Phi) is 5.64. The van der Waals surface area contributed by atoms with Crippen molar-refractivity contribution in [2.75, 3.05) is 32.3 Å². The van der Waals surface area contributed by atoms with Gasteiger partial charge in [-0.2, -0.15) is 5.10 Å². The molecule has 2 aromatic heterocycles.